The zero-order valence-corrected chi connectivity index (χ0v) is 12.1. The van der Waals surface area contributed by atoms with Crippen molar-refractivity contribution in [2.75, 3.05) is 0 Å². The Morgan fingerprint density at radius 2 is 2.25 bits per heavy atom. The van der Waals surface area contributed by atoms with Crippen LogP contribution >= 0.6 is 11.3 Å². The number of aromatic amines is 1. The largest absolute Gasteiger partial charge is 0.345 e. The van der Waals surface area contributed by atoms with Crippen LogP contribution in [0.15, 0.2) is 24.1 Å². The number of H-pyrrole nitrogens is 1. The van der Waals surface area contributed by atoms with Crippen molar-refractivity contribution < 1.29 is 4.79 Å². The minimum Gasteiger partial charge on any atom is -0.345 e. The molecule has 0 aliphatic carbocycles. The van der Waals surface area contributed by atoms with Crippen molar-refractivity contribution in [1.29, 1.82) is 0 Å². The van der Waals surface area contributed by atoms with E-state index < -0.39 is 5.41 Å². The summed E-state index contributed by atoms with van der Waals surface area (Å²) in [4.78, 5) is 28.3. The number of aldehydes is 1. The summed E-state index contributed by atoms with van der Waals surface area (Å²) >= 11 is 1.53. The van der Waals surface area contributed by atoms with Gasteiger partial charge >= 0.3 is 0 Å². The molecule has 0 fully saturated rings. The van der Waals surface area contributed by atoms with E-state index in [1.165, 1.54) is 11.3 Å². The van der Waals surface area contributed by atoms with Crippen molar-refractivity contribution in [1.82, 2.24) is 19.9 Å². The molecule has 102 valence electrons. The maximum atomic E-state index is 11.1. The lowest BCUT2D eigenvalue weighted by Crippen LogP contribution is -2.16. The van der Waals surface area contributed by atoms with Gasteiger partial charge in [-0.25, -0.2) is 9.97 Å². The SMILES string of the molecule is CC(C)(C=O)Cc1c[nH]c2ncc(-c3cncs3)nc12. The summed E-state index contributed by atoms with van der Waals surface area (Å²) in [5, 5.41) is 0. The van der Waals surface area contributed by atoms with Crippen LogP contribution < -0.4 is 0 Å². The highest BCUT2D eigenvalue weighted by atomic mass is 32.1. The normalized spacial score (nSPS) is 11.9. The predicted molar refractivity (Wildman–Crippen MR) is 78.5 cm³/mol. The van der Waals surface area contributed by atoms with Crippen LogP contribution in [-0.2, 0) is 11.2 Å². The molecule has 1 N–H and O–H groups in total. The second-order valence-electron chi connectivity index (χ2n) is 5.42. The zero-order valence-electron chi connectivity index (χ0n) is 11.3. The molecule has 20 heavy (non-hydrogen) atoms. The van der Waals surface area contributed by atoms with Crippen molar-refractivity contribution in [2.24, 2.45) is 5.41 Å². The lowest BCUT2D eigenvalue weighted by atomic mass is 9.88. The molecule has 6 heteroatoms. The van der Waals surface area contributed by atoms with E-state index in [9.17, 15) is 4.79 Å². The Labute approximate surface area is 120 Å². The first kappa shape index (κ1) is 12.9. The summed E-state index contributed by atoms with van der Waals surface area (Å²) in [6, 6.07) is 0. The molecule has 0 aliphatic rings. The van der Waals surface area contributed by atoms with Gasteiger partial charge in [0.15, 0.2) is 5.65 Å². The summed E-state index contributed by atoms with van der Waals surface area (Å²) in [7, 11) is 0. The third-order valence-corrected chi connectivity index (χ3v) is 3.91. The van der Waals surface area contributed by atoms with Gasteiger partial charge in [-0.2, -0.15) is 0 Å². The fraction of sp³-hybridized carbons (Fsp3) is 0.286. The van der Waals surface area contributed by atoms with E-state index in [0.717, 1.165) is 33.6 Å². The van der Waals surface area contributed by atoms with Crippen molar-refractivity contribution in [2.45, 2.75) is 20.3 Å². The molecule has 0 amide bonds. The molecule has 0 aromatic carbocycles. The number of carbonyl (C=O) groups is 1. The van der Waals surface area contributed by atoms with Gasteiger partial charge in [0.1, 0.15) is 17.5 Å². The molecule has 0 aliphatic heterocycles. The molecule has 3 rings (SSSR count). The number of fused-ring (bicyclic) bond motifs is 1. The molecule has 3 aromatic heterocycles. The molecule has 5 nitrogen and oxygen atoms in total. The third-order valence-electron chi connectivity index (χ3n) is 3.11. The lowest BCUT2D eigenvalue weighted by Gasteiger charge is -2.15. The molecule has 0 bridgehead atoms. The minimum atomic E-state index is -0.405. The number of thiazole rings is 1. The average molecular weight is 286 g/mol. The van der Waals surface area contributed by atoms with Gasteiger partial charge in [-0.3, -0.25) is 4.98 Å². The first-order chi connectivity index (χ1) is 9.59. The standard InChI is InChI=1S/C14H14N4OS/c1-14(2,7-19)3-9-4-16-13-12(9)18-10(5-17-13)11-6-15-8-20-11/h4-8H,3H2,1-2H3,(H,16,17). The Morgan fingerprint density at radius 1 is 1.40 bits per heavy atom. The van der Waals surface area contributed by atoms with Gasteiger partial charge < -0.3 is 9.78 Å². The van der Waals surface area contributed by atoms with Gasteiger partial charge in [0.2, 0.25) is 0 Å². The molecule has 0 saturated carbocycles. The summed E-state index contributed by atoms with van der Waals surface area (Å²) in [6.45, 7) is 3.83. The molecule has 0 saturated heterocycles. The van der Waals surface area contributed by atoms with Crippen LogP contribution in [0.2, 0.25) is 0 Å². The molecule has 0 unspecified atom stereocenters. The Hall–Kier alpha value is -2.08. The van der Waals surface area contributed by atoms with Crippen LogP contribution in [0.3, 0.4) is 0 Å². The van der Waals surface area contributed by atoms with Crippen molar-refractivity contribution in [3.8, 4) is 10.6 Å². The van der Waals surface area contributed by atoms with Gasteiger partial charge in [0, 0.05) is 17.8 Å². The second-order valence-corrected chi connectivity index (χ2v) is 6.30. The summed E-state index contributed by atoms with van der Waals surface area (Å²) in [5.74, 6) is 0. The molecule has 0 radical (unpaired) electrons. The van der Waals surface area contributed by atoms with E-state index in [1.807, 2.05) is 20.0 Å². The van der Waals surface area contributed by atoms with Gasteiger partial charge in [-0.15, -0.1) is 11.3 Å². The van der Waals surface area contributed by atoms with Gasteiger partial charge in [0.05, 0.1) is 16.6 Å². The smallest absolute Gasteiger partial charge is 0.156 e. The number of nitrogens with one attached hydrogen (secondary N) is 1. The average Bonchev–Trinajstić information content (AvgIpc) is 3.08. The number of hydrogen-bond donors (Lipinski definition) is 1. The third kappa shape index (κ3) is 2.34. The lowest BCUT2D eigenvalue weighted by molar-refractivity contribution is -0.114. The van der Waals surface area contributed by atoms with E-state index in [1.54, 1.807) is 17.9 Å². The van der Waals surface area contributed by atoms with E-state index in [4.69, 9.17) is 0 Å². The zero-order chi connectivity index (χ0) is 14.2. The van der Waals surface area contributed by atoms with Gasteiger partial charge in [-0.05, 0) is 12.0 Å². The van der Waals surface area contributed by atoms with E-state index in [-0.39, 0.29) is 0 Å². The highest BCUT2D eigenvalue weighted by Gasteiger charge is 2.20. The Balaban J connectivity index is 2.06. The van der Waals surface area contributed by atoms with Crippen LogP contribution in [0.25, 0.3) is 21.7 Å². The second kappa shape index (κ2) is 4.79. The topological polar surface area (TPSA) is 71.5 Å². The number of rotatable bonds is 4. The maximum absolute atomic E-state index is 11.1. The predicted octanol–water partition coefficient (Wildman–Crippen LogP) is 2.85. The fourth-order valence-electron chi connectivity index (χ4n) is 2.07. The van der Waals surface area contributed by atoms with Crippen molar-refractivity contribution in [3.63, 3.8) is 0 Å². The van der Waals surface area contributed by atoms with Crippen LogP contribution in [-0.4, -0.2) is 26.2 Å². The summed E-state index contributed by atoms with van der Waals surface area (Å²) in [6.07, 6.45) is 7.01. The summed E-state index contributed by atoms with van der Waals surface area (Å²) < 4.78 is 0. The highest BCUT2D eigenvalue weighted by Crippen LogP contribution is 2.27. The van der Waals surface area contributed by atoms with E-state index in [2.05, 4.69) is 19.9 Å². The summed E-state index contributed by atoms with van der Waals surface area (Å²) in [5.41, 5.74) is 4.76. The first-order valence-electron chi connectivity index (χ1n) is 6.27. The number of nitrogens with zero attached hydrogens (tertiary/aromatic N) is 3. The molecule has 0 spiro atoms. The molecule has 3 aromatic rings. The first-order valence-corrected chi connectivity index (χ1v) is 7.15. The molecular weight excluding hydrogens is 272 g/mol. The Kier molecular flexibility index (Phi) is 3.10. The minimum absolute atomic E-state index is 0.405. The van der Waals surface area contributed by atoms with Crippen LogP contribution in [0.4, 0.5) is 0 Å². The van der Waals surface area contributed by atoms with E-state index in [0.29, 0.717) is 6.42 Å². The van der Waals surface area contributed by atoms with E-state index >= 15 is 0 Å². The van der Waals surface area contributed by atoms with Gasteiger partial charge in [-0.1, -0.05) is 13.8 Å². The monoisotopic (exact) mass is 286 g/mol. The highest BCUT2D eigenvalue weighted by molar-refractivity contribution is 7.13. The van der Waals surface area contributed by atoms with Crippen molar-refractivity contribution in [3.05, 3.63) is 29.7 Å². The van der Waals surface area contributed by atoms with Crippen LogP contribution in [0, 0.1) is 5.41 Å². The van der Waals surface area contributed by atoms with Gasteiger partial charge in [0.25, 0.3) is 0 Å². The number of hydrogen-bond acceptors (Lipinski definition) is 5. The van der Waals surface area contributed by atoms with Crippen LogP contribution in [0.5, 0.6) is 0 Å². The van der Waals surface area contributed by atoms with Crippen LogP contribution in [0.1, 0.15) is 19.4 Å². The quantitative estimate of drug-likeness (QED) is 0.749. The molecular formula is C14H14N4OS. The Morgan fingerprint density at radius 3 is 2.95 bits per heavy atom. The maximum Gasteiger partial charge on any atom is 0.156 e. The molecule has 0 atom stereocenters. The van der Waals surface area contributed by atoms with Crippen molar-refractivity contribution >= 4 is 28.8 Å². The number of carbonyl (C=O) groups excluding carboxylic acids is 1. The molecule has 3 heterocycles. The Bertz CT molecular complexity index is 746. The number of aromatic nitrogens is 4. The fourth-order valence-corrected chi connectivity index (χ4v) is 2.65.